The summed E-state index contributed by atoms with van der Waals surface area (Å²) in [5, 5.41) is 9.52. The van der Waals surface area contributed by atoms with Crippen LogP contribution < -0.4 is 10.2 Å². The molecule has 0 bridgehead atoms. The number of nitrogens with one attached hydrogen (secondary N) is 1. The van der Waals surface area contributed by atoms with E-state index in [0.717, 1.165) is 63.9 Å². The van der Waals surface area contributed by atoms with Gasteiger partial charge in [0.15, 0.2) is 5.13 Å². The Bertz CT molecular complexity index is 1240. The van der Waals surface area contributed by atoms with Crippen LogP contribution in [-0.2, 0) is 7.05 Å². The van der Waals surface area contributed by atoms with Crippen molar-refractivity contribution in [3.05, 3.63) is 54.4 Å². The van der Waals surface area contributed by atoms with E-state index in [1.165, 1.54) is 0 Å². The van der Waals surface area contributed by atoms with E-state index in [9.17, 15) is 0 Å². The van der Waals surface area contributed by atoms with Gasteiger partial charge in [-0.1, -0.05) is 30.0 Å². The van der Waals surface area contributed by atoms with Gasteiger partial charge in [0.1, 0.15) is 0 Å². The number of piperazine rings is 1. The number of aryl methyl sites for hydroxylation is 1. The zero-order valence-corrected chi connectivity index (χ0v) is 18.4. The molecule has 4 heterocycles. The van der Waals surface area contributed by atoms with Crippen molar-refractivity contribution >= 4 is 39.0 Å². The second-order valence-electron chi connectivity index (χ2n) is 7.77. The number of anilines is 2. The Hall–Kier alpha value is -3.30. The number of aromatic nitrogens is 5. The molecule has 3 aromatic heterocycles. The Balaban J connectivity index is 1.33. The van der Waals surface area contributed by atoms with Gasteiger partial charge in [-0.25, -0.2) is 15.0 Å². The normalized spacial score (nSPS) is 14.8. The van der Waals surface area contributed by atoms with Crippen LogP contribution in [-0.4, -0.2) is 62.9 Å². The molecule has 1 aromatic carbocycles. The van der Waals surface area contributed by atoms with Gasteiger partial charge in [-0.2, -0.15) is 5.10 Å². The molecule has 0 unspecified atom stereocenters. The number of thiazole rings is 1. The number of hydrogen-bond acceptors (Lipinski definition) is 8. The molecular weight excluding hydrogens is 408 g/mol. The van der Waals surface area contributed by atoms with Gasteiger partial charge in [0.2, 0.25) is 5.95 Å². The molecule has 1 saturated heterocycles. The molecule has 4 aromatic rings. The lowest BCUT2D eigenvalue weighted by Crippen LogP contribution is -2.44. The molecule has 8 nitrogen and oxygen atoms in total. The SMILES string of the molecule is C=C(Nc1ncc2ccc(-c3cnn(C)c3)cc2n1)c1cnc(N2CCN(C)CC2)s1. The molecule has 1 fully saturated rings. The van der Waals surface area contributed by atoms with Gasteiger partial charge >= 0.3 is 0 Å². The first kappa shape index (κ1) is 19.7. The molecule has 158 valence electrons. The van der Waals surface area contributed by atoms with Gasteiger partial charge in [-0.05, 0) is 18.7 Å². The summed E-state index contributed by atoms with van der Waals surface area (Å²) in [5.41, 5.74) is 3.75. The Morgan fingerprint density at radius 2 is 1.87 bits per heavy atom. The molecule has 1 N–H and O–H groups in total. The zero-order chi connectivity index (χ0) is 21.4. The Morgan fingerprint density at radius 1 is 1.03 bits per heavy atom. The summed E-state index contributed by atoms with van der Waals surface area (Å²) in [7, 11) is 4.06. The summed E-state index contributed by atoms with van der Waals surface area (Å²) in [6.07, 6.45) is 7.54. The highest BCUT2D eigenvalue weighted by Gasteiger charge is 2.18. The predicted molar refractivity (Wildman–Crippen MR) is 126 cm³/mol. The molecule has 9 heteroatoms. The van der Waals surface area contributed by atoms with Crippen LogP contribution in [0.2, 0.25) is 0 Å². The van der Waals surface area contributed by atoms with Crippen molar-refractivity contribution in [3.63, 3.8) is 0 Å². The van der Waals surface area contributed by atoms with Crippen LogP contribution in [0.5, 0.6) is 0 Å². The first-order valence-electron chi connectivity index (χ1n) is 10.2. The third kappa shape index (κ3) is 4.14. The minimum absolute atomic E-state index is 0.524. The molecule has 0 atom stereocenters. The lowest BCUT2D eigenvalue weighted by atomic mass is 10.1. The van der Waals surface area contributed by atoms with Gasteiger partial charge in [0.05, 0.1) is 22.3 Å². The predicted octanol–water partition coefficient (Wildman–Crippen LogP) is 3.32. The lowest BCUT2D eigenvalue weighted by Gasteiger charge is -2.32. The Labute approximate surface area is 184 Å². The van der Waals surface area contributed by atoms with Crippen LogP contribution in [0, 0.1) is 0 Å². The van der Waals surface area contributed by atoms with E-state index in [2.05, 4.69) is 55.9 Å². The molecule has 0 spiro atoms. The second-order valence-corrected chi connectivity index (χ2v) is 8.78. The molecule has 1 aliphatic heterocycles. The average molecular weight is 433 g/mol. The zero-order valence-electron chi connectivity index (χ0n) is 17.6. The van der Waals surface area contributed by atoms with E-state index >= 15 is 0 Å². The van der Waals surface area contributed by atoms with E-state index in [1.54, 1.807) is 16.0 Å². The number of likely N-dealkylation sites (N-methyl/N-ethyl adjacent to an activating group) is 1. The number of rotatable bonds is 5. The topological polar surface area (TPSA) is 75.0 Å². The fourth-order valence-electron chi connectivity index (χ4n) is 3.58. The van der Waals surface area contributed by atoms with E-state index in [-0.39, 0.29) is 0 Å². The van der Waals surface area contributed by atoms with Gasteiger partial charge in [-0.3, -0.25) is 4.68 Å². The van der Waals surface area contributed by atoms with Crippen LogP contribution >= 0.6 is 11.3 Å². The first-order chi connectivity index (χ1) is 15.0. The molecule has 0 amide bonds. The quantitative estimate of drug-likeness (QED) is 0.518. The van der Waals surface area contributed by atoms with Crippen molar-refractivity contribution in [2.75, 3.05) is 43.4 Å². The summed E-state index contributed by atoms with van der Waals surface area (Å²) in [4.78, 5) is 19.4. The standard InChI is InChI=1S/C22H24N8S/c1-15(20-13-24-22(31-20)30-8-6-28(2)7-9-30)26-21-23-11-17-5-4-16(10-19(17)27-21)18-12-25-29(3)14-18/h4-5,10-14H,1,6-9H2,2-3H3,(H,23,26,27). The molecule has 5 rings (SSSR count). The minimum Gasteiger partial charge on any atom is -0.346 e. The largest absolute Gasteiger partial charge is 0.346 e. The molecule has 0 aliphatic carbocycles. The first-order valence-corrected chi connectivity index (χ1v) is 11.0. The smallest absolute Gasteiger partial charge is 0.227 e. The maximum atomic E-state index is 4.70. The van der Waals surface area contributed by atoms with Crippen molar-refractivity contribution in [2.24, 2.45) is 7.05 Å². The molecular formula is C22H24N8S. The van der Waals surface area contributed by atoms with Crippen molar-refractivity contribution < 1.29 is 0 Å². The highest BCUT2D eigenvalue weighted by Crippen LogP contribution is 2.29. The fraction of sp³-hybridized carbons (Fsp3) is 0.273. The van der Waals surface area contributed by atoms with Gasteiger partial charge < -0.3 is 15.1 Å². The highest BCUT2D eigenvalue weighted by atomic mass is 32.1. The van der Waals surface area contributed by atoms with E-state index in [4.69, 9.17) is 4.98 Å². The van der Waals surface area contributed by atoms with Crippen LogP contribution in [0.4, 0.5) is 11.1 Å². The molecule has 1 aliphatic rings. The Morgan fingerprint density at radius 3 is 2.65 bits per heavy atom. The molecule has 31 heavy (non-hydrogen) atoms. The van der Waals surface area contributed by atoms with Gasteiger partial charge in [0, 0.05) is 62.8 Å². The van der Waals surface area contributed by atoms with E-state index in [1.807, 2.05) is 37.9 Å². The summed E-state index contributed by atoms with van der Waals surface area (Å²) in [6, 6.07) is 6.15. The van der Waals surface area contributed by atoms with Gasteiger partial charge in [-0.15, -0.1) is 0 Å². The number of benzene rings is 1. The van der Waals surface area contributed by atoms with Crippen molar-refractivity contribution in [1.29, 1.82) is 0 Å². The maximum Gasteiger partial charge on any atom is 0.227 e. The summed E-state index contributed by atoms with van der Waals surface area (Å²) >= 11 is 1.64. The van der Waals surface area contributed by atoms with Crippen LogP contribution in [0.1, 0.15) is 4.88 Å². The third-order valence-electron chi connectivity index (χ3n) is 5.45. The Kier molecular flexibility index (Phi) is 5.13. The fourth-order valence-corrected chi connectivity index (χ4v) is 4.47. The van der Waals surface area contributed by atoms with Crippen molar-refractivity contribution in [3.8, 4) is 11.1 Å². The summed E-state index contributed by atoms with van der Waals surface area (Å²) < 4.78 is 1.79. The monoisotopic (exact) mass is 432 g/mol. The number of nitrogens with zero attached hydrogens (tertiary/aromatic N) is 7. The highest BCUT2D eigenvalue weighted by molar-refractivity contribution is 7.16. The number of fused-ring (bicyclic) bond motifs is 1. The average Bonchev–Trinajstić information content (AvgIpc) is 3.43. The minimum atomic E-state index is 0.524. The van der Waals surface area contributed by atoms with Gasteiger partial charge in [0.25, 0.3) is 0 Å². The number of hydrogen-bond donors (Lipinski definition) is 1. The second kappa shape index (κ2) is 8.09. The lowest BCUT2D eigenvalue weighted by molar-refractivity contribution is 0.313. The summed E-state index contributed by atoms with van der Waals surface area (Å²) in [6.45, 7) is 8.28. The third-order valence-corrected chi connectivity index (χ3v) is 6.57. The van der Waals surface area contributed by atoms with Crippen LogP contribution in [0.15, 0.2) is 49.6 Å². The van der Waals surface area contributed by atoms with E-state index < -0.39 is 0 Å². The van der Waals surface area contributed by atoms with Crippen LogP contribution in [0.3, 0.4) is 0 Å². The molecule has 0 radical (unpaired) electrons. The van der Waals surface area contributed by atoms with E-state index in [0.29, 0.717) is 5.95 Å². The maximum absolute atomic E-state index is 4.70. The van der Waals surface area contributed by atoms with Crippen molar-refractivity contribution in [1.82, 2.24) is 29.6 Å². The van der Waals surface area contributed by atoms with Crippen LogP contribution in [0.25, 0.3) is 27.7 Å². The molecule has 0 saturated carbocycles. The van der Waals surface area contributed by atoms with Crippen molar-refractivity contribution in [2.45, 2.75) is 0 Å². The summed E-state index contributed by atoms with van der Waals surface area (Å²) in [5.74, 6) is 0.524.